The van der Waals surface area contributed by atoms with Crippen LogP contribution in [0.2, 0.25) is 0 Å². The number of hydrogen-bond donors (Lipinski definition) is 0. The second-order valence-electron chi connectivity index (χ2n) is 14.0. The second kappa shape index (κ2) is 9.93. The van der Waals surface area contributed by atoms with Crippen LogP contribution in [0.1, 0.15) is 56.2 Å². The van der Waals surface area contributed by atoms with E-state index in [0.717, 1.165) is 0 Å². The van der Waals surface area contributed by atoms with Gasteiger partial charge < -0.3 is 4.40 Å². The van der Waals surface area contributed by atoms with E-state index in [1.54, 1.807) is 0 Å². The van der Waals surface area contributed by atoms with Crippen molar-refractivity contribution in [2.24, 2.45) is 0 Å². The summed E-state index contributed by atoms with van der Waals surface area (Å²) < 4.78 is 2.54. The Balaban J connectivity index is 1.41. The molecule has 0 aliphatic carbocycles. The van der Waals surface area contributed by atoms with Crippen LogP contribution in [0.4, 0.5) is 0 Å². The quantitative estimate of drug-likeness (QED) is 0.192. The van der Waals surface area contributed by atoms with Crippen LogP contribution in [-0.4, -0.2) is 4.40 Å². The van der Waals surface area contributed by atoms with Crippen LogP contribution in [0.25, 0.3) is 81.9 Å². The lowest BCUT2D eigenvalue weighted by atomic mass is 9.93. The second-order valence-corrected chi connectivity index (χ2v) is 14.0. The van der Waals surface area contributed by atoms with E-state index in [1.807, 2.05) is 0 Å². The van der Waals surface area contributed by atoms with Crippen molar-refractivity contribution in [2.75, 3.05) is 0 Å². The molecule has 0 fully saturated rings. The predicted molar refractivity (Wildman–Crippen MR) is 200 cm³/mol. The summed E-state index contributed by atoms with van der Waals surface area (Å²) in [5.41, 5.74) is 13.0. The van der Waals surface area contributed by atoms with E-state index < -0.39 is 0 Å². The Kier molecular flexibility index (Phi) is 5.87. The summed E-state index contributed by atoms with van der Waals surface area (Å²) in [5.74, 6) is 0.991. The highest BCUT2D eigenvalue weighted by Gasteiger charge is 2.21. The topological polar surface area (TPSA) is 4.41 Å². The zero-order valence-corrected chi connectivity index (χ0v) is 27.1. The Hall–Kier alpha value is -5.14. The van der Waals surface area contributed by atoms with Crippen LogP contribution in [0.15, 0.2) is 121 Å². The normalized spacial score (nSPS) is 12.4. The molecule has 0 aliphatic rings. The Morgan fingerprint density at radius 1 is 0.413 bits per heavy atom. The van der Waals surface area contributed by atoms with Gasteiger partial charge in [0.1, 0.15) is 0 Å². The summed E-state index contributed by atoms with van der Waals surface area (Å²) >= 11 is 0. The minimum atomic E-state index is 0.495. The molecule has 0 radical (unpaired) electrons. The lowest BCUT2D eigenvalue weighted by molar-refractivity contribution is 0.869. The monoisotopic (exact) mass is 591 g/mol. The summed E-state index contributed by atoms with van der Waals surface area (Å²) in [6.07, 6.45) is 0. The minimum Gasteiger partial charge on any atom is -0.308 e. The summed E-state index contributed by atoms with van der Waals surface area (Å²) in [7, 11) is 0. The molecular weight excluding hydrogens is 555 g/mol. The Morgan fingerprint density at radius 2 is 0.913 bits per heavy atom. The van der Waals surface area contributed by atoms with Gasteiger partial charge in [-0.3, -0.25) is 0 Å². The number of aryl methyl sites for hydroxylation is 1. The van der Waals surface area contributed by atoms with Crippen LogP contribution in [-0.2, 0) is 0 Å². The molecule has 1 nitrogen and oxygen atoms in total. The van der Waals surface area contributed by atoms with Gasteiger partial charge in [-0.15, -0.1) is 0 Å². The largest absolute Gasteiger partial charge is 0.308 e. The number of fused-ring (bicyclic) bond motifs is 8. The Morgan fingerprint density at radius 3 is 1.43 bits per heavy atom. The Bertz CT molecular complexity index is 2500. The highest BCUT2D eigenvalue weighted by molar-refractivity contribution is 6.27. The fraction of sp³-hybridized carbons (Fsp3) is 0.156. The van der Waals surface area contributed by atoms with E-state index in [2.05, 4.69) is 160 Å². The third kappa shape index (κ3) is 4.08. The summed E-state index contributed by atoms with van der Waals surface area (Å²) in [4.78, 5) is 0. The maximum absolute atomic E-state index is 2.54. The number of rotatable bonds is 4. The SMILES string of the molecule is Cc1cc(-c2ccccc2)cc(-c2cc3c4cc5cc(C(C)C)ccc5cc4n4c5cc6ccc(C(C)C)cc6cc5c(c2)c34)c1. The third-order valence-electron chi connectivity index (χ3n) is 10.2. The van der Waals surface area contributed by atoms with E-state index in [1.165, 1.54) is 98.6 Å². The zero-order valence-electron chi connectivity index (χ0n) is 27.1. The molecule has 2 aromatic heterocycles. The van der Waals surface area contributed by atoms with Gasteiger partial charge >= 0.3 is 0 Å². The fourth-order valence-corrected chi connectivity index (χ4v) is 7.70. The van der Waals surface area contributed by atoms with Gasteiger partial charge in [-0.1, -0.05) is 107 Å². The van der Waals surface area contributed by atoms with Crippen molar-refractivity contribution in [1.82, 2.24) is 4.40 Å². The maximum Gasteiger partial charge on any atom is 0.0620 e. The van der Waals surface area contributed by atoms with Crippen LogP contribution >= 0.6 is 0 Å². The third-order valence-corrected chi connectivity index (χ3v) is 10.2. The number of nitrogens with zero attached hydrogens (tertiary/aromatic N) is 1. The summed E-state index contributed by atoms with van der Waals surface area (Å²) in [5, 5.41) is 10.5. The molecule has 222 valence electrons. The molecule has 0 saturated carbocycles. The number of aromatic nitrogens is 1. The van der Waals surface area contributed by atoms with Crippen molar-refractivity contribution < 1.29 is 0 Å². The van der Waals surface area contributed by atoms with Crippen molar-refractivity contribution in [3.8, 4) is 22.3 Å². The zero-order chi connectivity index (χ0) is 31.3. The molecule has 0 atom stereocenters. The minimum absolute atomic E-state index is 0.495. The van der Waals surface area contributed by atoms with Gasteiger partial charge in [-0.2, -0.15) is 0 Å². The van der Waals surface area contributed by atoms with Crippen molar-refractivity contribution in [3.63, 3.8) is 0 Å². The molecule has 0 spiro atoms. The molecule has 9 rings (SSSR count). The first-order chi connectivity index (χ1) is 22.3. The average Bonchev–Trinajstić information content (AvgIpc) is 3.56. The molecule has 0 aliphatic heterocycles. The summed E-state index contributed by atoms with van der Waals surface area (Å²) in [6, 6.07) is 46.4. The van der Waals surface area contributed by atoms with E-state index in [4.69, 9.17) is 0 Å². The first-order valence-electron chi connectivity index (χ1n) is 16.6. The van der Waals surface area contributed by atoms with Crippen molar-refractivity contribution >= 4 is 59.6 Å². The van der Waals surface area contributed by atoms with Crippen molar-refractivity contribution in [2.45, 2.75) is 46.5 Å². The first-order valence-corrected chi connectivity index (χ1v) is 16.6. The molecule has 0 bridgehead atoms. The molecule has 0 saturated heterocycles. The molecule has 1 heteroatoms. The highest BCUT2D eigenvalue weighted by atomic mass is 14.9. The maximum atomic E-state index is 2.54. The van der Waals surface area contributed by atoms with Crippen molar-refractivity contribution in [1.29, 1.82) is 0 Å². The van der Waals surface area contributed by atoms with Crippen LogP contribution in [0, 0.1) is 6.92 Å². The standard InChI is InChI=1S/C45H37N/c1-26(2)30-11-13-32-24-43-39(20-36(32)17-30)41-22-38(35-16-28(5)15-34(19-35)29-9-7-6-8-10-29)23-42-40-21-37-18-31(27(3)4)12-14-33(37)25-44(40)46(43)45(41)42/h6-27H,1-5H3. The van der Waals surface area contributed by atoms with E-state index in [-0.39, 0.29) is 0 Å². The molecule has 9 aromatic rings. The molecule has 46 heavy (non-hydrogen) atoms. The average molecular weight is 592 g/mol. The lowest BCUT2D eigenvalue weighted by Crippen LogP contribution is -1.88. The molecule has 7 aromatic carbocycles. The molecule has 0 N–H and O–H groups in total. The highest BCUT2D eigenvalue weighted by Crippen LogP contribution is 2.44. The van der Waals surface area contributed by atoms with Gasteiger partial charge in [-0.25, -0.2) is 0 Å². The van der Waals surface area contributed by atoms with E-state index >= 15 is 0 Å². The molecule has 2 heterocycles. The molecule has 0 amide bonds. The lowest BCUT2D eigenvalue weighted by Gasteiger charge is -2.10. The first kappa shape index (κ1) is 27.2. The van der Waals surface area contributed by atoms with Gasteiger partial charge in [-0.05, 0) is 122 Å². The van der Waals surface area contributed by atoms with Gasteiger partial charge in [0.25, 0.3) is 0 Å². The van der Waals surface area contributed by atoms with Crippen LogP contribution < -0.4 is 0 Å². The van der Waals surface area contributed by atoms with Crippen molar-refractivity contribution in [3.05, 3.63) is 138 Å². The smallest absolute Gasteiger partial charge is 0.0620 e. The van der Waals surface area contributed by atoms with E-state index in [0.29, 0.717) is 11.8 Å². The van der Waals surface area contributed by atoms with E-state index in [9.17, 15) is 0 Å². The Labute approximate surface area is 270 Å². The molecule has 0 unspecified atom stereocenters. The number of hydrogen-bond acceptors (Lipinski definition) is 0. The van der Waals surface area contributed by atoms with Gasteiger partial charge in [0.2, 0.25) is 0 Å². The number of benzene rings is 7. The van der Waals surface area contributed by atoms with Gasteiger partial charge in [0.15, 0.2) is 0 Å². The fourth-order valence-electron chi connectivity index (χ4n) is 7.70. The van der Waals surface area contributed by atoms with Crippen LogP contribution in [0.5, 0.6) is 0 Å². The van der Waals surface area contributed by atoms with Crippen LogP contribution in [0.3, 0.4) is 0 Å². The van der Waals surface area contributed by atoms with Gasteiger partial charge in [0, 0.05) is 21.5 Å². The molecular formula is C45H37N. The predicted octanol–water partition coefficient (Wildman–Crippen LogP) is 13.0. The summed E-state index contributed by atoms with van der Waals surface area (Å²) in [6.45, 7) is 11.3. The van der Waals surface area contributed by atoms with Gasteiger partial charge in [0.05, 0.1) is 16.6 Å².